The number of benzene rings is 2. The van der Waals surface area contributed by atoms with E-state index in [1.54, 1.807) is 0 Å². The van der Waals surface area contributed by atoms with Gasteiger partial charge in [0.05, 0.1) is 13.2 Å². The maximum atomic E-state index is 11.7. The van der Waals surface area contributed by atoms with Crippen molar-refractivity contribution < 1.29 is 13.6 Å². The maximum Gasteiger partial charge on any atom is 0.319 e. The molecule has 2 rings (SSSR count). The number of hydrogen-bond acceptors (Lipinski definition) is 3. The Morgan fingerprint density at radius 3 is 1.68 bits per heavy atom. The molecule has 0 aliphatic heterocycles. The summed E-state index contributed by atoms with van der Waals surface area (Å²) < 4.78 is 24.2. The molecule has 0 unspecified atom stereocenters. The Morgan fingerprint density at radius 1 is 0.818 bits per heavy atom. The Hall–Kier alpha value is -0.450. The number of hydrogen-bond donors (Lipinski definition) is 0. The highest BCUT2D eigenvalue weighted by molar-refractivity contribution is 9.10. The number of halogens is 2. The summed E-state index contributed by atoms with van der Waals surface area (Å²) in [6, 6.07) is 16.0. The van der Waals surface area contributed by atoms with Crippen molar-refractivity contribution in [2.75, 3.05) is 13.2 Å². The molecule has 2 aromatic carbocycles. The zero-order valence-electron chi connectivity index (χ0n) is 11.9. The van der Waals surface area contributed by atoms with Gasteiger partial charge in [-0.1, -0.05) is 56.1 Å². The zero-order chi connectivity index (χ0) is 15.8. The maximum absolute atomic E-state index is 11.7. The molecule has 0 spiro atoms. The Morgan fingerprint density at radius 2 is 1.27 bits per heavy atom. The van der Waals surface area contributed by atoms with E-state index in [0.29, 0.717) is 26.1 Å². The van der Waals surface area contributed by atoms with Gasteiger partial charge < -0.3 is 9.05 Å². The van der Waals surface area contributed by atoms with E-state index in [0.717, 1.165) is 20.1 Å². The van der Waals surface area contributed by atoms with Gasteiger partial charge in [-0.2, -0.15) is 0 Å². The summed E-state index contributed by atoms with van der Waals surface area (Å²) in [5, 5.41) is 0. The van der Waals surface area contributed by atoms with Crippen molar-refractivity contribution in [3.05, 3.63) is 68.6 Å². The van der Waals surface area contributed by atoms with Crippen LogP contribution in [0.25, 0.3) is 0 Å². The van der Waals surface area contributed by atoms with Crippen LogP contribution in [0.1, 0.15) is 11.1 Å². The van der Waals surface area contributed by atoms with Crippen LogP contribution in [0.3, 0.4) is 0 Å². The molecule has 0 saturated heterocycles. The normalized spacial score (nSPS) is 11.0. The molecule has 0 fully saturated rings. The van der Waals surface area contributed by atoms with Crippen molar-refractivity contribution in [3.63, 3.8) is 0 Å². The van der Waals surface area contributed by atoms with Gasteiger partial charge in [0.2, 0.25) is 0 Å². The fourth-order valence-electron chi connectivity index (χ4n) is 1.93. The molecular formula is C16H17Br2O3P. The van der Waals surface area contributed by atoms with Crippen molar-refractivity contribution in [2.45, 2.75) is 12.8 Å². The van der Waals surface area contributed by atoms with Crippen LogP contribution in [0.4, 0.5) is 0 Å². The van der Waals surface area contributed by atoms with Crippen molar-refractivity contribution in [1.29, 1.82) is 0 Å². The summed E-state index contributed by atoms with van der Waals surface area (Å²) in [6.45, 7) is 0.788. The van der Waals surface area contributed by atoms with E-state index in [4.69, 9.17) is 9.05 Å². The topological polar surface area (TPSA) is 35.5 Å². The summed E-state index contributed by atoms with van der Waals surface area (Å²) >= 11 is 6.84. The molecule has 3 nitrogen and oxygen atoms in total. The highest BCUT2D eigenvalue weighted by Gasteiger charge is 2.02. The highest BCUT2D eigenvalue weighted by Crippen LogP contribution is 2.24. The lowest BCUT2D eigenvalue weighted by Crippen LogP contribution is -1.97. The van der Waals surface area contributed by atoms with Gasteiger partial charge in [0.1, 0.15) is 0 Å². The average molecular weight is 448 g/mol. The van der Waals surface area contributed by atoms with Gasteiger partial charge >= 0.3 is 8.25 Å². The second-order valence-corrected chi connectivity index (χ2v) is 7.62. The third-order valence-electron chi connectivity index (χ3n) is 3.00. The first kappa shape index (κ1) is 17.9. The molecule has 0 N–H and O–H groups in total. The van der Waals surface area contributed by atoms with Crippen molar-refractivity contribution in [1.82, 2.24) is 0 Å². The smallest absolute Gasteiger partial charge is 0.310 e. The van der Waals surface area contributed by atoms with Crippen LogP contribution in [0.5, 0.6) is 0 Å². The molecule has 0 bridgehead atoms. The lowest BCUT2D eigenvalue weighted by atomic mass is 10.2. The minimum absolute atomic E-state index is 0.394. The first-order valence-electron chi connectivity index (χ1n) is 6.92. The van der Waals surface area contributed by atoms with E-state index in [9.17, 15) is 4.57 Å². The van der Waals surface area contributed by atoms with Gasteiger partial charge in [0.25, 0.3) is 0 Å². The van der Waals surface area contributed by atoms with Crippen molar-refractivity contribution >= 4 is 40.1 Å². The van der Waals surface area contributed by atoms with Crippen LogP contribution < -0.4 is 0 Å². The van der Waals surface area contributed by atoms with Crippen molar-refractivity contribution in [3.8, 4) is 0 Å². The van der Waals surface area contributed by atoms with Crippen molar-refractivity contribution in [2.24, 2.45) is 0 Å². The quantitative estimate of drug-likeness (QED) is 0.507. The minimum Gasteiger partial charge on any atom is -0.310 e. The SMILES string of the molecule is O=[PH](OCCc1cccc(Br)c1)OCCc1cccc(Br)c1. The largest absolute Gasteiger partial charge is 0.319 e. The summed E-state index contributed by atoms with van der Waals surface area (Å²) in [5.41, 5.74) is 2.27. The van der Waals surface area contributed by atoms with Gasteiger partial charge in [-0.3, -0.25) is 4.57 Å². The monoisotopic (exact) mass is 446 g/mol. The van der Waals surface area contributed by atoms with E-state index in [1.165, 1.54) is 0 Å². The van der Waals surface area contributed by atoms with E-state index >= 15 is 0 Å². The predicted octanol–water partition coefficient (Wildman–Crippen LogP) is 5.42. The fourth-order valence-corrected chi connectivity index (χ4v) is 3.45. The van der Waals surface area contributed by atoms with Crippen LogP contribution in [0, 0.1) is 0 Å². The lowest BCUT2D eigenvalue weighted by Gasteiger charge is -2.06. The van der Waals surface area contributed by atoms with Gasteiger partial charge in [-0.15, -0.1) is 0 Å². The third-order valence-corrected chi connectivity index (χ3v) is 4.87. The molecule has 0 aliphatic rings. The molecule has 0 aliphatic carbocycles. The van der Waals surface area contributed by atoms with Crippen LogP contribution >= 0.6 is 40.1 Å². The summed E-state index contributed by atoms with van der Waals surface area (Å²) in [5.74, 6) is 0. The molecule has 0 heterocycles. The fraction of sp³-hybridized carbons (Fsp3) is 0.250. The molecule has 0 atom stereocenters. The summed E-state index contributed by atoms with van der Waals surface area (Å²) in [7, 11) is -2.42. The Balaban J connectivity index is 1.64. The number of rotatable bonds is 8. The van der Waals surface area contributed by atoms with Gasteiger partial charge in [-0.05, 0) is 48.2 Å². The highest BCUT2D eigenvalue weighted by atomic mass is 79.9. The summed E-state index contributed by atoms with van der Waals surface area (Å²) in [6.07, 6.45) is 1.43. The third kappa shape index (κ3) is 6.76. The Kier molecular flexibility index (Phi) is 7.84. The second kappa shape index (κ2) is 9.64. The predicted molar refractivity (Wildman–Crippen MR) is 96.6 cm³/mol. The van der Waals surface area contributed by atoms with Gasteiger partial charge in [0, 0.05) is 8.95 Å². The minimum atomic E-state index is -2.42. The zero-order valence-corrected chi connectivity index (χ0v) is 16.1. The molecule has 2 aromatic rings. The van der Waals surface area contributed by atoms with Crippen LogP contribution in [-0.2, 0) is 26.5 Å². The van der Waals surface area contributed by atoms with Crippen LogP contribution in [0.2, 0.25) is 0 Å². The second-order valence-electron chi connectivity index (χ2n) is 4.71. The Labute approximate surface area is 148 Å². The molecule has 0 radical (unpaired) electrons. The molecule has 0 saturated carbocycles. The van der Waals surface area contributed by atoms with E-state index < -0.39 is 8.25 Å². The van der Waals surface area contributed by atoms with Crippen LogP contribution in [0.15, 0.2) is 57.5 Å². The first-order chi connectivity index (χ1) is 10.6. The summed E-state index contributed by atoms with van der Waals surface area (Å²) in [4.78, 5) is 0. The van der Waals surface area contributed by atoms with E-state index in [2.05, 4.69) is 31.9 Å². The van der Waals surface area contributed by atoms with E-state index in [1.807, 2.05) is 48.5 Å². The first-order valence-corrected chi connectivity index (χ1v) is 9.73. The van der Waals surface area contributed by atoms with Crippen LogP contribution in [-0.4, -0.2) is 13.2 Å². The van der Waals surface area contributed by atoms with Gasteiger partial charge in [-0.25, -0.2) is 0 Å². The molecular weight excluding hydrogens is 431 g/mol. The Bertz CT molecular complexity index is 581. The molecule has 22 heavy (non-hydrogen) atoms. The molecule has 118 valence electrons. The standard InChI is InChI=1S/C16H17Br2O3P/c17-15-5-1-3-13(11-15)7-9-20-22(19)21-10-8-14-4-2-6-16(18)12-14/h1-6,11-12,22H,7-10H2. The van der Waals surface area contributed by atoms with E-state index in [-0.39, 0.29) is 0 Å². The average Bonchev–Trinajstić information content (AvgIpc) is 2.47. The molecule has 0 amide bonds. The lowest BCUT2D eigenvalue weighted by molar-refractivity contribution is 0.229. The molecule has 6 heteroatoms. The van der Waals surface area contributed by atoms with Gasteiger partial charge in [0.15, 0.2) is 0 Å². The molecule has 0 aromatic heterocycles.